The van der Waals surface area contributed by atoms with Gasteiger partial charge in [0.1, 0.15) is 6.04 Å². The minimum Gasteiger partial charge on any atom is -0.454 e. The van der Waals surface area contributed by atoms with Crippen molar-refractivity contribution in [3.8, 4) is 0 Å². The Labute approximate surface area is 158 Å². The zero-order chi connectivity index (χ0) is 21.1. The van der Waals surface area contributed by atoms with Crippen LogP contribution >= 0.6 is 0 Å². The highest BCUT2D eigenvalue weighted by Gasteiger charge is 2.44. The number of urea groups is 1. The number of carbonyl (C=O) groups excluding carboxylic acids is 3. The van der Waals surface area contributed by atoms with E-state index in [1.54, 1.807) is 5.32 Å². The molecule has 0 aliphatic carbocycles. The van der Waals surface area contributed by atoms with E-state index in [0.29, 0.717) is 4.31 Å². The Kier molecular flexibility index (Phi) is 6.27. The Hall–Kier alpha value is -3.10. The number of nitro groups is 1. The van der Waals surface area contributed by atoms with E-state index in [4.69, 9.17) is 5.73 Å². The van der Waals surface area contributed by atoms with Gasteiger partial charge in [0.2, 0.25) is 10.0 Å². The van der Waals surface area contributed by atoms with Gasteiger partial charge in [-0.1, -0.05) is 0 Å². The number of amides is 3. The molecule has 4 N–H and O–H groups in total. The van der Waals surface area contributed by atoms with E-state index in [0.717, 1.165) is 24.3 Å². The molecule has 13 nitrogen and oxygen atoms in total. The number of primary amides is 1. The van der Waals surface area contributed by atoms with Gasteiger partial charge in [-0.2, -0.15) is 4.31 Å². The van der Waals surface area contributed by atoms with Crippen molar-refractivity contribution in [1.29, 1.82) is 0 Å². The van der Waals surface area contributed by atoms with Crippen molar-refractivity contribution in [2.75, 3.05) is 13.2 Å². The summed E-state index contributed by atoms with van der Waals surface area (Å²) < 4.78 is 30.9. The van der Waals surface area contributed by atoms with Crippen LogP contribution in [-0.4, -0.2) is 66.0 Å². The summed E-state index contributed by atoms with van der Waals surface area (Å²) in [6.07, 6.45) is -1.44. The van der Waals surface area contributed by atoms with Crippen molar-refractivity contribution < 1.29 is 37.6 Å². The maximum Gasteiger partial charge on any atom is 0.325 e. The lowest BCUT2D eigenvalue weighted by Gasteiger charge is -2.22. The lowest BCUT2D eigenvalue weighted by Crippen LogP contribution is -2.43. The van der Waals surface area contributed by atoms with Crippen molar-refractivity contribution >= 4 is 33.6 Å². The number of rotatable bonds is 6. The Balaban J connectivity index is 2.17. The van der Waals surface area contributed by atoms with Crippen molar-refractivity contribution in [3.05, 3.63) is 34.4 Å². The number of non-ortho nitro benzene ring substituents is 1. The van der Waals surface area contributed by atoms with Gasteiger partial charge in [-0.25, -0.2) is 13.2 Å². The maximum absolute atomic E-state index is 12.8. The number of nitrogens with two attached hydrogens (primary N) is 1. The zero-order valence-electron chi connectivity index (χ0n) is 14.2. The molecule has 1 aromatic rings. The minimum absolute atomic E-state index is 0.275. The average Bonchev–Trinajstić information content (AvgIpc) is 3.02. The predicted octanol–water partition coefficient (Wildman–Crippen LogP) is -1.54. The van der Waals surface area contributed by atoms with E-state index in [1.165, 1.54) is 0 Å². The lowest BCUT2D eigenvalue weighted by molar-refractivity contribution is -0.384. The predicted molar refractivity (Wildman–Crippen MR) is 90.1 cm³/mol. The molecule has 0 spiro atoms. The van der Waals surface area contributed by atoms with Gasteiger partial charge < -0.3 is 15.6 Å². The smallest absolute Gasteiger partial charge is 0.325 e. The lowest BCUT2D eigenvalue weighted by atomic mass is 10.2. The van der Waals surface area contributed by atoms with Crippen LogP contribution in [0.15, 0.2) is 29.2 Å². The van der Waals surface area contributed by atoms with Gasteiger partial charge in [-0.15, -0.1) is 0 Å². The van der Waals surface area contributed by atoms with Crippen LogP contribution in [0, 0.1) is 10.1 Å². The number of nitro benzene ring substituents is 1. The van der Waals surface area contributed by atoms with E-state index < -0.39 is 58.2 Å². The first-order chi connectivity index (χ1) is 13.0. The van der Waals surface area contributed by atoms with E-state index in [-0.39, 0.29) is 17.0 Å². The summed E-state index contributed by atoms with van der Waals surface area (Å²) in [5.74, 6) is -2.12. The first-order valence-corrected chi connectivity index (χ1v) is 9.16. The summed E-state index contributed by atoms with van der Waals surface area (Å²) in [6, 6.07) is 1.40. The third-order valence-corrected chi connectivity index (χ3v) is 5.66. The first kappa shape index (κ1) is 21.2. The molecule has 14 heteroatoms. The Morgan fingerprint density at radius 3 is 2.46 bits per heavy atom. The Morgan fingerprint density at radius 1 is 1.32 bits per heavy atom. The van der Waals surface area contributed by atoms with E-state index in [2.05, 4.69) is 4.74 Å². The first-order valence-electron chi connectivity index (χ1n) is 7.72. The molecule has 1 aliphatic rings. The van der Waals surface area contributed by atoms with Gasteiger partial charge in [0.05, 0.1) is 15.9 Å². The number of nitrogens with zero attached hydrogens (tertiary/aromatic N) is 2. The van der Waals surface area contributed by atoms with Crippen molar-refractivity contribution in [2.24, 2.45) is 5.73 Å². The van der Waals surface area contributed by atoms with Gasteiger partial charge in [0.15, 0.2) is 6.61 Å². The molecule has 3 amide bonds. The second kappa shape index (κ2) is 8.28. The molecule has 0 saturated carbocycles. The van der Waals surface area contributed by atoms with Crippen LogP contribution in [-0.2, 0) is 24.3 Å². The standard InChI is InChI=1S/C14H16N4O9S/c15-14(22)16-12(20)7-27-13(21)11-5-9(19)6-17(11)28(25,26)10-3-1-8(2-4-10)18(23)24/h1-4,9,11,19H,5-7H2,(H3,15,16,20,22)/t9-,11-/m0/s1. The molecular weight excluding hydrogens is 400 g/mol. The minimum atomic E-state index is -4.29. The number of benzene rings is 1. The van der Waals surface area contributed by atoms with Gasteiger partial charge in [0, 0.05) is 25.1 Å². The molecule has 0 aromatic heterocycles. The summed E-state index contributed by atoms with van der Waals surface area (Å²) in [4.78, 5) is 43.7. The molecule has 2 atom stereocenters. The van der Waals surface area contributed by atoms with Crippen molar-refractivity contribution in [1.82, 2.24) is 9.62 Å². The highest BCUT2D eigenvalue weighted by Crippen LogP contribution is 2.28. The number of esters is 1. The number of imide groups is 1. The number of hydrogen-bond acceptors (Lipinski definition) is 9. The van der Waals surface area contributed by atoms with Gasteiger partial charge in [-0.3, -0.25) is 25.0 Å². The van der Waals surface area contributed by atoms with Crippen molar-refractivity contribution in [3.63, 3.8) is 0 Å². The molecule has 0 radical (unpaired) electrons. The number of aliphatic hydroxyl groups is 1. The summed E-state index contributed by atoms with van der Waals surface area (Å²) in [5, 5.41) is 22.2. The van der Waals surface area contributed by atoms with Gasteiger partial charge >= 0.3 is 12.0 Å². The molecule has 1 aromatic carbocycles. The van der Waals surface area contributed by atoms with Gasteiger partial charge in [-0.05, 0) is 12.1 Å². The third kappa shape index (κ3) is 4.79. The van der Waals surface area contributed by atoms with Crippen LogP contribution in [0.2, 0.25) is 0 Å². The van der Waals surface area contributed by atoms with Crippen LogP contribution in [0.5, 0.6) is 0 Å². The van der Waals surface area contributed by atoms with Crippen LogP contribution in [0.4, 0.5) is 10.5 Å². The molecule has 1 saturated heterocycles. The molecule has 152 valence electrons. The second-order valence-corrected chi connectivity index (χ2v) is 7.64. The normalized spacial score (nSPS) is 19.8. The van der Waals surface area contributed by atoms with Crippen LogP contribution in [0.3, 0.4) is 0 Å². The number of aliphatic hydroxyl groups excluding tert-OH is 1. The molecular formula is C14H16N4O9S. The summed E-state index contributed by atoms with van der Waals surface area (Å²) >= 11 is 0. The number of carbonyl (C=O) groups is 3. The largest absolute Gasteiger partial charge is 0.454 e. The topological polar surface area (TPSA) is 199 Å². The molecule has 28 heavy (non-hydrogen) atoms. The monoisotopic (exact) mass is 416 g/mol. The van der Waals surface area contributed by atoms with Crippen LogP contribution in [0.1, 0.15) is 6.42 Å². The number of sulfonamides is 1. The molecule has 1 heterocycles. The van der Waals surface area contributed by atoms with Crippen LogP contribution in [0.25, 0.3) is 0 Å². The quantitative estimate of drug-likeness (QED) is 0.279. The number of hydrogen-bond donors (Lipinski definition) is 3. The molecule has 0 bridgehead atoms. The third-order valence-electron chi connectivity index (χ3n) is 3.77. The number of β-amino-alcohol motifs (C(OH)–C–C–N with tert-alkyl or cyclic N) is 1. The zero-order valence-corrected chi connectivity index (χ0v) is 15.0. The van der Waals surface area contributed by atoms with Gasteiger partial charge in [0.25, 0.3) is 11.6 Å². The number of nitrogens with one attached hydrogen (secondary N) is 1. The Bertz CT molecular complexity index is 900. The molecule has 2 rings (SSSR count). The second-order valence-electron chi connectivity index (χ2n) is 5.75. The fraction of sp³-hybridized carbons (Fsp3) is 0.357. The van der Waals surface area contributed by atoms with E-state index in [9.17, 15) is 38.0 Å². The molecule has 1 fully saturated rings. The highest BCUT2D eigenvalue weighted by atomic mass is 32.2. The summed E-state index contributed by atoms with van der Waals surface area (Å²) in [6.45, 7) is -1.29. The highest BCUT2D eigenvalue weighted by molar-refractivity contribution is 7.89. The summed E-state index contributed by atoms with van der Waals surface area (Å²) in [5.41, 5.74) is 4.42. The average molecular weight is 416 g/mol. The SMILES string of the molecule is NC(=O)NC(=O)COC(=O)[C@@H]1C[C@H](O)CN1S(=O)(=O)c1ccc([N+](=O)[O-])cc1. The summed E-state index contributed by atoms with van der Waals surface area (Å²) in [7, 11) is -4.29. The molecule has 1 aliphatic heterocycles. The fourth-order valence-corrected chi connectivity index (χ4v) is 4.17. The van der Waals surface area contributed by atoms with E-state index >= 15 is 0 Å². The van der Waals surface area contributed by atoms with Crippen molar-refractivity contribution in [2.45, 2.75) is 23.5 Å². The van der Waals surface area contributed by atoms with E-state index in [1.807, 2.05) is 0 Å². The van der Waals surface area contributed by atoms with Crippen LogP contribution < -0.4 is 11.1 Å². The Morgan fingerprint density at radius 2 is 1.93 bits per heavy atom. The molecule has 0 unspecified atom stereocenters. The number of ether oxygens (including phenoxy) is 1. The maximum atomic E-state index is 12.8. The fourth-order valence-electron chi connectivity index (χ4n) is 2.55.